The summed E-state index contributed by atoms with van der Waals surface area (Å²) in [6.45, 7) is 0.522. The van der Waals surface area contributed by atoms with Gasteiger partial charge in [0, 0.05) is 18.4 Å². The first-order valence-corrected chi connectivity index (χ1v) is 9.51. The second-order valence-electron chi connectivity index (χ2n) is 5.48. The van der Waals surface area contributed by atoms with E-state index in [2.05, 4.69) is 5.32 Å². The fourth-order valence-corrected chi connectivity index (χ4v) is 3.21. The Morgan fingerprint density at radius 2 is 1.83 bits per heavy atom. The van der Waals surface area contributed by atoms with Gasteiger partial charge in [-0.2, -0.15) is 0 Å². The third kappa shape index (κ3) is 4.83. The SMILES string of the molecule is COc1ccc(C(=O)NCCCc2ccccc2)cc1S(C)(=O)=O. The molecule has 0 atom stereocenters. The molecule has 6 heteroatoms. The Balaban J connectivity index is 1.97. The van der Waals surface area contributed by atoms with Crippen LogP contribution in [0.25, 0.3) is 0 Å². The molecule has 0 unspecified atom stereocenters. The van der Waals surface area contributed by atoms with Crippen molar-refractivity contribution in [2.24, 2.45) is 0 Å². The van der Waals surface area contributed by atoms with Crippen molar-refractivity contribution >= 4 is 15.7 Å². The highest BCUT2D eigenvalue weighted by Gasteiger charge is 2.17. The third-order valence-corrected chi connectivity index (χ3v) is 4.71. The van der Waals surface area contributed by atoms with Crippen molar-refractivity contribution in [1.82, 2.24) is 5.32 Å². The van der Waals surface area contributed by atoms with E-state index in [1.807, 2.05) is 30.3 Å². The van der Waals surface area contributed by atoms with Gasteiger partial charge in [-0.15, -0.1) is 0 Å². The predicted molar refractivity (Wildman–Crippen MR) is 93.2 cm³/mol. The van der Waals surface area contributed by atoms with Crippen LogP contribution in [0.15, 0.2) is 53.4 Å². The Hall–Kier alpha value is -2.34. The first-order valence-electron chi connectivity index (χ1n) is 7.62. The maximum Gasteiger partial charge on any atom is 0.251 e. The standard InChI is InChI=1S/C18H21NO4S/c1-23-16-11-10-15(13-17(16)24(2,21)22)18(20)19-12-6-9-14-7-4-3-5-8-14/h3-5,7-8,10-11,13H,6,9,12H2,1-2H3,(H,19,20). The number of benzene rings is 2. The second kappa shape index (κ2) is 7.97. The lowest BCUT2D eigenvalue weighted by Gasteiger charge is -2.10. The number of carbonyl (C=O) groups is 1. The van der Waals surface area contributed by atoms with E-state index in [0.29, 0.717) is 12.1 Å². The molecule has 0 saturated carbocycles. The van der Waals surface area contributed by atoms with Crippen molar-refractivity contribution < 1.29 is 17.9 Å². The van der Waals surface area contributed by atoms with Crippen molar-refractivity contribution in [3.05, 3.63) is 59.7 Å². The van der Waals surface area contributed by atoms with E-state index < -0.39 is 9.84 Å². The first kappa shape index (κ1) is 18.0. The number of hydrogen-bond acceptors (Lipinski definition) is 4. The zero-order valence-corrected chi connectivity index (χ0v) is 14.6. The van der Waals surface area contributed by atoms with E-state index in [0.717, 1.165) is 19.1 Å². The molecule has 0 radical (unpaired) electrons. The minimum absolute atomic E-state index is 0.0157. The van der Waals surface area contributed by atoms with Gasteiger partial charge in [0.05, 0.1) is 7.11 Å². The van der Waals surface area contributed by atoms with Gasteiger partial charge in [-0.25, -0.2) is 8.42 Å². The van der Waals surface area contributed by atoms with E-state index in [1.54, 1.807) is 6.07 Å². The van der Waals surface area contributed by atoms with Crippen LogP contribution in [0.3, 0.4) is 0 Å². The zero-order chi connectivity index (χ0) is 17.6. The molecular formula is C18H21NO4S. The molecular weight excluding hydrogens is 326 g/mol. The predicted octanol–water partition coefficient (Wildman–Crippen LogP) is 2.46. The molecule has 0 aliphatic heterocycles. The molecule has 0 aromatic heterocycles. The van der Waals surface area contributed by atoms with E-state index in [1.165, 1.54) is 24.8 Å². The number of methoxy groups -OCH3 is 1. The van der Waals surface area contributed by atoms with Crippen LogP contribution < -0.4 is 10.1 Å². The van der Waals surface area contributed by atoms with Gasteiger partial charge in [-0.05, 0) is 36.6 Å². The average Bonchev–Trinajstić information content (AvgIpc) is 2.58. The number of aryl methyl sites for hydroxylation is 1. The van der Waals surface area contributed by atoms with Crippen LogP contribution in [0.5, 0.6) is 5.75 Å². The maximum atomic E-state index is 12.2. The fraction of sp³-hybridized carbons (Fsp3) is 0.278. The quantitative estimate of drug-likeness (QED) is 0.781. The highest BCUT2D eigenvalue weighted by atomic mass is 32.2. The minimum atomic E-state index is -3.47. The smallest absolute Gasteiger partial charge is 0.251 e. The van der Waals surface area contributed by atoms with E-state index in [-0.39, 0.29) is 16.6 Å². The highest BCUT2D eigenvalue weighted by molar-refractivity contribution is 7.90. The van der Waals surface area contributed by atoms with Crippen LogP contribution in [0.1, 0.15) is 22.3 Å². The number of rotatable bonds is 7. The van der Waals surface area contributed by atoms with Crippen molar-refractivity contribution in [3.8, 4) is 5.75 Å². The summed E-state index contributed by atoms with van der Waals surface area (Å²) < 4.78 is 28.6. The molecule has 2 aromatic rings. The number of nitrogens with one attached hydrogen (secondary N) is 1. The molecule has 0 heterocycles. The average molecular weight is 347 g/mol. The third-order valence-electron chi connectivity index (χ3n) is 3.60. The summed E-state index contributed by atoms with van der Waals surface area (Å²) in [5.41, 5.74) is 1.52. The molecule has 0 bridgehead atoms. The van der Waals surface area contributed by atoms with Gasteiger partial charge in [0.15, 0.2) is 9.84 Å². The Bertz CT molecular complexity index is 801. The van der Waals surface area contributed by atoms with Crippen molar-refractivity contribution in [2.75, 3.05) is 19.9 Å². The molecule has 0 aliphatic rings. The molecule has 2 aromatic carbocycles. The van der Waals surface area contributed by atoms with Crippen LogP contribution in [0, 0.1) is 0 Å². The van der Waals surface area contributed by atoms with Crippen molar-refractivity contribution in [2.45, 2.75) is 17.7 Å². The summed E-state index contributed by atoms with van der Waals surface area (Å²) in [5.74, 6) is -0.0613. The molecule has 0 spiro atoms. The fourth-order valence-electron chi connectivity index (χ4n) is 2.35. The zero-order valence-electron chi connectivity index (χ0n) is 13.8. The van der Waals surface area contributed by atoms with Crippen LogP contribution in [0.4, 0.5) is 0 Å². The van der Waals surface area contributed by atoms with Gasteiger partial charge in [0.2, 0.25) is 0 Å². The van der Waals surface area contributed by atoms with E-state index in [4.69, 9.17) is 4.74 Å². The summed E-state index contributed by atoms with van der Waals surface area (Å²) in [4.78, 5) is 12.2. The topological polar surface area (TPSA) is 72.5 Å². The largest absolute Gasteiger partial charge is 0.495 e. The van der Waals surface area contributed by atoms with Gasteiger partial charge in [0.25, 0.3) is 5.91 Å². The first-order chi connectivity index (χ1) is 11.4. The number of sulfone groups is 1. The van der Waals surface area contributed by atoms with Gasteiger partial charge in [-0.1, -0.05) is 30.3 Å². The molecule has 0 aliphatic carbocycles. The molecule has 1 N–H and O–H groups in total. The molecule has 2 rings (SSSR count). The monoisotopic (exact) mass is 347 g/mol. The normalized spacial score (nSPS) is 11.1. The molecule has 5 nitrogen and oxygen atoms in total. The Morgan fingerprint density at radius 1 is 1.12 bits per heavy atom. The molecule has 24 heavy (non-hydrogen) atoms. The number of amides is 1. The summed E-state index contributed by atoms with van der Waals surface area (Å²) in [6, 6.07) is 14.4. The van der Waals surface area contributed by atoms with Crippen LogP contribution in [-0.2, 0) is 16.3 Å². The summed E-state index contributed by atoms with van der Waals surface area (Å²) in [7, 11) is -2.07. The Morgan fingerprint density at radius 3 is 2.46 bits per heavy atom. The minimum Gasteiger partial charge on any atom is -0.495 e. The molecule has 0 saturated heterocycles. The van der Waals surface area contributed by atoms with Gasteiger partial charge < -0.3 is 10.1 Å². The number of ether oxygens (including phenoxy) is 1. The van der Waals surface area contributed by atoms with E-state index in [9.17, 15) is 13.2 Å². The summed E-state index contributed by atoms with van der Waals surface area (Å²) in [5, 5.41) is 2.81. The lowest BCUT2D eigenvalue weighted by atomic mass is 10.1. The van der Waals surface area contributed by atoms with Gasteiger partial charge in [-0.3, -0.25) is 4.79 Å². The highest BCUT2D eigenvalue weighted by Crippen LogP contribution is 2.24. The van der Waals surface area contributed by atoms with Gasteiger partial charge in [0.1, 0.15) is 10.6 Å². The lowest BCUT2D eigenvalue weighted by Crippen LogP contribution is -2.25. The van der Waals surface area contributed by atoms with Gasteiger partial charge >= 0.3 is 0 Å². The lowest BCUT2D eigenvalue weighted by molar-refractivity contribution is 0.0953. The van der Waals surface area contributed by atoms with Crippen LogP contribution >= 0.6 is 0 Å². The summed E-state index contributed by atoms with van der Waals surface area (Å²) in [6.07, 6.45) is 2.77. The summed E-state index contributed by atoms with van der Waals surface area (Å²) >= 11 is 0. The maximum absolute atomic E-state index is 12.2. The molecule has 128 valence electrons. The van der Waals surface area contributed by atoms with Crippen molar-refractivity contribution in [1.29, 1.82) is 0 Å². The van der Waals surface area contributed by atoms with E-state index >= 15 is 0 Å². The number of carbonyl (C=O) groups excluding carboxylic acids is 1. The van der Waals surface area contributed by atoms with Crippen LogP contribution in [-0.4, -0.2) is 34.2 Å². The molecule has 0 fully saturated rings. The van der Waals surface area contributed by atoms with Crippen molar-refractivity contribution in [3.63, 3.8) is 0 Å². The van der Waals surface area contributed by atoms with Crippen LogP contribution in [0.2, 0.25) is 0 Å². The Labute approximate surface area is 142 Å². The number of hydrogen-bond donors (Lipinski definition) is 1. The molecule has 1 amide bonds. The second-order valence-corrected chi connectivity index (χ2v) is 7.47. The Kier molecular flexibility index (Phi) is 5.98.